The van der Waals surface area contributed by atoms with E-state index in [-0.39, 0.29) is 27.5 Å². The molecule has 4 aromatic carbocycles. The fraction of sp³-hybridized carbons (Fsp3) is 0.167. The molecule has 13 heteroatoms. The Labute approximate surface area is 287 Å². The van der Waals surface area contributed by atoms with Crippen molar-refractivity contribution in [2.45, 2.75) is 36.0 Å². The maximum absolute atomic E-state index is 15.8. The molecule has 0 aliphatic heterocycles. The van der Waals surface area contributed by atoms with E-state index in [9.17, 15) is 21.6 Å². The normalized spacial score (nSPS) is 11.9. The van der Waals surface area contributed by atoms with Crippen LogP contribution in [0.1, 0.15) is 28.8 Å². The molecule has 0 unspecified atom stereocenters. The van der Waals surface area contributed by atoms with E-state index in [4.69, 9.17) is 14.5 Å². The maximum atomic E-state index is 15.8. The van der Waals surface area contributed by atoms with Crippen LogP contribution in [-0.4, -0.2) is 45.1 Å². The van der Waals surface area contributed by atoms with Crippen molar-refractivity contribution in [2.24, 2.45) is 0 Å². The molecular formula is C36H31FN2O7S3. The first-order chi connectivity index (χ1) is 23.3. The second-order valence-corrected chi connectivity index (χ2v) is 16.1. The first-order valence-electron chi connectivity index (χ1n) is 15.1. The monoisotopic (exact) mass is 718 g/mol. The van der Waals surface area contributed by atoms with Crippen LogP contribution in [0.5, 0.6) is 11.5 Å². The van der Waals surface area contributed by atoms with Gasteiger partial charge in [0.1, 0.15) is 15.7 Å². The Morgan fingerprint density at radius 3 is 2.41 bits per heavy atom. The molecule has 0 aliphatic rings. The van der Waals surface area contributed by atoms with Gasteiger partial charge in [0.15, 0.2) is 21.4 Å². The summed E-state index contributed by atoms with van der Waals surface area (Å²) in [6.07, 6.45) is 3.56. The second-order valence-electron chi connectivity index (χ2n) is 11.5. The standard InChI is InChI=1S/C36H31FN2O7S3/c1-23-10-13-29(14-11-23)49(43,44)39-17-16-30-32(39)21-31(37)34(35(30)48(3,41)42)46-28-9-5-8-26(20-28)36-38-27(22-47-36)19-25-7-4-6-24(18-25)12-15-33(40)45-2/h4-11,13-14,16-18,20-22H,12,15,19H2,1-3H3. The van der Waals surface area contributed by atoms with E-state index in [1.165, 1.54) is 42.8 Å². The largest absolute Gasteiger partial charge is 0.469 e. The summed E-state index contributed by atoms with van der Waals surface area (Å²) in [4.78, 5) is 15.8. The van der Waals surface area contributed by atoms with Gasteiger partial charge in [-0.05, 0) is 54.8 Å². The molecule has 252 valence electrons. The topological polar surface area (TPSA) is 122 Å². The van der Waals surface area contributed by atoms with E-state index in [2.05, 4.69) is 0 Å². The molecule has 49 heavy (non-hydrogen) atoms. The molecule has 0 saturated heterocycles. The minimum Gasteiger partial charge on any atom is -0.469 e. The molecule has 0 amide bonds. The number of hydrogen-bond donors (Lipinski definition) is 0. The van der Waals surface area contributed by atoms with Gasteiger partial charge in [-0.3, -0.25) is 4.79 Å². The Morgan fingerprint density at radius 2 is 1.67 bits per heavy atom. The minimum absolute atomic E-state index is 0.00433. The zero-order chi connectivity index (χ0) is 34.9. The lowest BCUT2D eigenvalue weighted by molar-refractivity contribution is -0.140. The van der Waals surface area contributed by atoms with E-state index < -0.39 is 36.3 Å². The van der Waals surface area contributed by atoms with Crippen LogP contribution in [0.2, 0.25) is 0 Å². The number of fused-ring (bicyclic) bond motifs is 1. The predicted molar refractivity (Wildman–Crippen MR) is 186 cm³/mol. The summed E-state index contributed by atoms with van der Waals surface area (Å²) >= 11 is 1.42. The Bertz CT molecular complexity index is 2420. The van der Waals surface area contributed by atoms with Crippen LogP contribution in [0.15, 0.2) is 106 Å². The van der Waals surface area contributed by atoms with Crippen molar-refractivity contribution in [2.75, 3.05) is 13.4 Å². The molecule has 2 heterocycles. The molecule has 0 radical (unpaired) electrons. The number of rotatable bonds is 11. The molecule has 0 N–H and O–H groups in total. The zero-order valence-electron chi connectivity index (χ0n) is 26.7. The fourth-order valence-electron chi connectivity index (χ4n) is 5.46. The molecular weight excluding hydrogens is 688 g/mol. The third-order valence-corrected chi connectivity index (χ3v) is 11.6. The Balaban J connectivity index is 1.29. The number of carbonyl (C=O) groups is 1. The van der Waals surface area contributed by atoms with Crippen LogP contribution in [0.3, 0.4) is 0 Å². The van der Waals surface area contributed by atoms with Gasteiger partial charge < -0.3 is 9.47 Å². The highest BCUT2D eigenvalue weighted by atomic mass is 32.2. The maximum Gasteiger partial charge on any atom is 0.305 e. The van der Waals surface area contributed by atoms with Crippen molar-refractivity contribution in [1.29, 1.82) is 0 Å². The number of hydrogen-bond acceptors (Lipinski definition) is 9. The van der Waals surface area contributed by atoms with Crippen molar-refractivity contribution in [3.05, 3.63) is 125 Å². The van der Waals surface area contributed by atoms with Crippen molar-refractivity contribution in [3.8, 4) is 22.1 Å². The Morgan fingerprint density at radius 1 is 0.939 bits per heavy atom. The summed E-state index contributed by atoms with van der Waals surface area (Å²) in [5.41, 5.74) is 4.29. The number of benzene rings is 4. The van der Waals surface area contributed by atoms with E-state index in [1.54, 1.807) is 30.3 Å². The first kappa shape index (κ1) is 34.0. The number of methoxy groups -OCH3 is 1. The van der Waals surface area contributed by atoms with E-state index in [0.717, 1.165) is 38.7 Å². The molecule has 0 bridgehead atoms. The lowest BCUT2D eigenvalue weighted by atomic mass is 10.0. The summed E-state index contributed by atoms with van der Waals surface area (Å²) in [5, 5.41) is 2.62. The Hall–Kier alpha value is -4.85. The third-order valence-electron chi connectivity index (χ3n) is 7.84. The van der Waals surface area contributed by atoms with Crippen LogP contribution in [0, 0.1) is 12.7 Å². The van der Waals surface area contributed by atoms with Crippen molar-refractivity contribution in [3.63, 3.8) is 0 Å². The van der Waals surface area contributed by atoms with Crippen LogP contribution < -0.4 is 4.74 Å². The number of esters is 1. The van der Waals surface area contributed by atoms with Crippen LogP contribution in [0.25, 0.3) is 21.5 Å². The molecule has 0 spiro atoms. The summed E-state index contributed by atoms with van der Waals surface area (Å²) in [6.45, 7) is 1.82. The van der Waals surface area contributed by atoms with Gasteiger partial charge in [0, 0.05) is 47.7 Å². The van der Waals surface area contributed by atoms with Crippen molar-refractivity contribution >= 4 is 48.1 Å². The molecule has 0 aliphatic carbocycles. The highest BCUT2D eigenvalue weighted by molar-refractivity contribution is 7.91. The van der Waals surface area contributed by atoms with Gasteiger partial charge in [0.2, 0.25) is 0 Å². The van der Waals surface area contributed by atoms with Gasteiger partial charge in [0.25, 0.3) is 10.0 Å². The van der Waals surface area contributed by atoms with Gasteiger partial charge in [0.05, 0.1) is 23.2 Å². The number of sulfone groups is 1. The predicted octanol–water partition coefficient (Wildman–Crippen LogP) is 7.34. The van der Waals surface area contributed by atoms with E-state index >= 15 is 4.39 Å². The van der Waals surface area contributed by atoms with Gasteiger partial charge in [-0.1, -0.05) is 54.1 Å². The van der Waals surface area contributed by atoms with Gasteiger partial charge in [-0.2, -0.15) is 0 Å². The number of thiazole rings is 1. The van der Waals surface area contributed by atoms with Crippen LogP contribution in [-0.2, 0) is 42.2 Å². The molecule has 6 aromatic rings. The smallest absolute Gasteiger partial charge is 0.305 e. The molecule has 9 nitrogen and oxygen atoms in total. The number of halogens is 1. The Kier molecular flexibility index (Phi) is 9.43. The lowest BCUT2D eigenvalue weighted by Crippen LogP contribution is -2.12. The molecule has 2 aromatic heterocycles. The number of aryl methyl sites for hydroxylation is 2. The quantitative estimate of drug-likeness (QED) is 0.128. The summed E-state index contributed by atoms with van der Waals surface area (Å²) in [7, 11) is -6.91. The minimum atomic E-state index is -4.16. The molecule has 0 atom stereocenters. The van der Waals surface area contributed by atoms with Crippen LogP contribution >= 0.6 is 11.3 Å². The first-order valence-corrected chi connectivity index (χ1v) is 19.3. The fourth-order valence-corrected chi connectivity index (χ4v) is 8.66. The average molecular weight is 719 g/mol. The number of nitrogens with zero attached hydrogens (tertiary/aromatic N) is 2. The molecule has 0 fully saturated rings. The highest BCUT2D eigenvalue weighted by Gasteiger charge is 2.28. The third kappa shape index (κ3) is 7.28. The number of ether oxygens (including phenoxy) is 2. The van der Waals surface area contributed by atoms with Crippen molar-refractivity contribution < 1.29 is 35.5 Å². The second kappa shape index (κ2) is 13.6. The average Bonchev–Trinajstić information content (AvgIpc) is 3.71. The highest BCUT2D eigenvalue weighted by Crippen LogP contribution is 2.40. The van der Waals surface area contributed by atoms with Gasteiger partial charge in [-0.15, -0.1) is 11.3 Å². The summed E-state index contributed by atoms with van der Waals surface area (Å²) in [6, 6.07) is 23.1. The van der Waals surface area contributed by atoms with Crippen molar-refractivity contribution in [1.82, 2.24) is 8.96 Å². The van der Waals surface area contributed by atoms with Gasteiger partial charge >= 0.3 is 5.97 Å². The van der Waals surface area contributed by atoms with Crippen LogP contribution in [0.4, 0.5) is 4.39 Å². The zero-order valence-corrected chi connectivity index (χ0v) is 29.2. The van der Waals surface area contributed by atoms with E-state index in [0.29, 0.717) is 29.8 Å². The summed E-state index contributed by atoms with van der Waals surface area (Å²) < 4.78 is 80.4. The van der Waals surface area contributed by atoms with E-state index in [1.807, 2.05) is 42.6 Å². The number of carbonyl (C=O) groups excluding carboxylic acids is 1. The van der Waals surface area contributed by atoms with Gasteiger partial charge in [-0.25, -0.2) is 30.2 Å². The molecule has 0 saturated carbocycles. The SMILES string of the molecule is COC(=O)CCc1cccc(Cc2csc(-c3cccc(Oc4c(F)cc5c(ccn5S(=O)(=O)c5ccc(C)cc5)c4S(C)(=O)=O)c3)n2)c1. The number of aromatic nitrogens is 2. The summed E-state index contributed by atoms with van der Waals surface area (Å²) in [5.74, 6) is -1.67. The molecule has 6 rings (SSSR count). The lowest BCUT2D eigenvalue weighted by Gasteiger charge is -2.14.